The molecule has 2 aromatic heterocycles. The van der Waals surface area contributed by atoms with Crippen molar-refractivity contribution in [2.75, 3.05) is 6.54 Å². The Hall–Kier alpha value is -1.63. The third kappa shape index (κ3) is 1.66. The number of nitrogens with zero attached hydrogens (tertiary/aromatic N) is 3. The van der Waals surface area contributed by atoms with Crippen molar-refractivity contribution >= 4 is 5.78 Å². The first-order valence-corrected chi connectivity index (χ1v) is 5.19. The summed E-state index contributed by atoms with van der Waals surface area (Å²) in [6.45, 7) is 1.39. The number of nitrogens with one attached hydrogen (secondary N) is 1. The maximum Gasteiger partial charge on any atom is 0.434 e. The van der Waals surface area contributed by atoms with Crippen LogP contribution in [-0.4, -0.2) is 20.9 Å². The van der Waals surface area contributed by atoms with Crippen molar-refractivity contribution in [1.29, 1.82) is 0 Å². The van der Waals surface area contributed by atoms with Gasteiger partial charge in [0.1, 0.15) is 0 Å². The van der Waals surface area contributed by atoms with E-state index in [1.165, 1.54) is 4.40 Å². The van der Waals surface area contributed by atoms with Crippen LogP contribution in [0.2, 0.25) is 0 Å². The number of aromatic nitrogens is 3. The third-order valence-electron chi connectivity index (χ3n) is 2.83. The molecule has 0 aliphatic carbocycles. The quantitative estimate of drug-likeness (QED) is 0.759. The molecule has 1 aliphatic heterocycles. The van der Waals surface area contributed by atoms with Crippen molar-refractivity contribution in [3.8, 4) is 0 Å². The molecule has 0 bridgehead atoms. The van der Waals surface area contributed by atoms with Gasteiger partial charge in [0, 0.05) is 43.2 Å². The van der Waals surface area contributed by atoms with Crippen molar-refractivity contribution in [3.63, 3.8) is 0 Å². The lowest BCUT2D eigenvalue weighted by Crippen LogP contribution is -2.25. The number of alkyl halides is 3. The van der Waals surface area contributed by atoms with Crippen molar-refractivity contribution in [2.45, 2.75) is 19.1 Å². The molecule has 0 aromatic carbocycles. The van der Waals surface area contributed by atoms with E-state index in [2.05, 4.69) is 15.3 Å². The Bertz CT molecular complexity index is 573. The van der Waals surface area contributed by atoms with E-state index in [0.717, 1.165) is 24.0 Å². The second-order valence-electron chi connectivity index (χ2n) is 3.95. The Kier molecular flexibility index (Phi) is 2.12. The van der Waals surface area contributed by atoms with E-state index >= 15 is 0 Å². The lowest BCUT2D eigenvalue weighted by Gasteiger charge is -2.17. The zero-order valence-electron chi connectivity index (χ0n) is 8.75. The van der Waals surface area contributed by atoms with Gasteiger partial charge in [0.05, 0.1) is 0 Å². The lowest BCUT2D eigenvalue weighted by molar-refractivity contribution is -0.140. The minimum atomic E-state index is -4.42. The Labute approximate surface area is 94.5 Å². The summed E-state index contributed by atoms with van der Waals surface area (Å²) in [6.07, 6.45) is -1.13. The van der Waals surface area contributed by atoms with E-state index in [0.29, 0.717) is 13.0 Å². The monoisotopic (exact) mass is 242 g/mol. The second-order valence-corrected chi connectivity index (χ2v) is 3.95. The van der Waals surface area contributed by atoms with E-state index in [4.69, 9.17) is 0 Å². The standard InChI is InChI=1S/C10H9F3N4/c11-10(12,13)8-5-17-7-1-2-14-3-6(7)4-15-9(17)16-8/h4-5,14H,1-3H2. The molecule has 4 nitrogen and oxygen atoms in total. The topological polar surface area (TPSA) is 42.2 Å². The predicted molar refractivity (Wildman–Crippen MR) is 53.4 cm³/mol. The van der Waals surface area contributed by atoms with Crippen molar-refractivity contribution in [3.05, 3.63) is 29.3 Å². The van der Waals surface area contributed by atoms with E-state index < -0.39 is 11.9 Å². The first-order valence-electron chi connectivity index (χ1n) is 5.19. The number of fused-ring (bicyclic) bond motifs is 3. The molecule has 3 rings (SSSR count). The molecule has 0 fully saturated rings. The molecular weight excluding hydrogens is 233 g/mol. The Balaban J connectivity index is 2.22. The van der Waals surface area contributed by atoms with Crippen LogP contribution in [0.3, 0.4) is 0 Å². The van der Waals surface area contributed by atoms with E-state index in [1.807, 2.05) is 0 Å². The van der Waals surface area contributed by atoms with Gasteiger partial charge in [-0.3, -0.25) is 4.40 Å². The summed E-state index contributed by atoms with van der Waals surface area (Å²) in [4.78, 5) is 7.44. The molecule has 2 aromatic rings. The lowest BCUT2D eigenvalue weighted by atomic mass is 10.1. The van der Waals surface area contributed by atoms with E-state index in [1.54, 1.807) is 6.20 Å². The first-order chi connectivity index (χ1) is 8.05. The van der Waals surface area contributed by atoms with Gasteiger partial charge in [0.2, 0.25) is 5.78 Å². The van der Waals surface area contributed by atoms with Crippen molar-refractivity contribution in [1.82, 2.24) is 19.7 Å². The maximum absolute atomic E-state index is 12.5. The molecule has 0 saturated heterocycles. The zero-order chi connectivity index (χ0) is 12.0. The average Bonchev–Trinajstić information content (AvgIpc) is 2.72. The highest BCUT2D eigenvalue weighted by Gasteiger charge is 2.34. The third-order valence-corrected chi connectivity index (χ3v) is 2.83. The van der Waals surface area contributed by atoms with Crippen LogP contribution in [0.4, 0.5) is 13.2 Å². The molecule has 90 valence electrons. The van der Waals surface area contributed by atoms with Crippen LogP contribution in [0.15, 0.2) is 12.4 Å². The largest absolute Gasteiger partial charge is 0.434 e. The summed E-state index contributed by atoms with van der Waals surface area (Å²) >= 11 is 0. The fourth-order valence-electron chi connectivity index (χ4n) is 2.02. The fourth-order valence-corrected chi connectivity index (χ4v) is 2.02. The van der Waals surface area contributed by atoms with E-state index in [9.17, 15) is 13.2 Å². The minimum absolute atomic E-state index is 0.109. The Morgan fingerprint density at radius 1 is 1.35 bits per heavy atom. The van der Waals surface area contributed by atoms with Crippen LogP contribution in [0, 0.1) is 0 Å². The number of imidazole rings is 1. The molecule has 0 amide bonds. The number of hydrogen-bond donors (Lipinski definition) is 1. The maximum atomic E-state index is 12.5. The number of hydrogen-bond acceptors (Lipinski definition) is 3. The highest BCUT2D eigenvalue weighted by atomic mass is 19.4. The summed E-state index contributed by atoms with van der Waals surface area (Å²) in [7, 11) is 0. The molecule has 0 radical (unpaired) electrons. The number of halogens is 3. The highest BCUT2D eigenvalue weighted by molar-refractivity contribution is 5.37. The summed E-state index contributed by atoms with van der Waals surface area (Å²) in [6, 6.07) is 0. The Morgan fingerprint density at radius 2 is 2.18 bits per heavy atom. The summed E-state index contributed by atoms with van der Waals surface area (Å²) in [5.74, 6) is 0.109. The van der Waals surface area contributed by atoms with Gasteiger partial charge in [-0.1, -0.05) is 0 Å². The van der Waals surface area contributed by atoms with Gasteiger partial charge in [0.15, 0.2) is 5.69 Å². The molecule has 17 heavy (non-hydrogen) atoms. The van der Waals surface area contributed by atoms with Gasteiger partial charge >= 0.3 is 6.18 Å². The van der Waals surface area contributed by atoms with Gasteiger partial charge in [-0.15, -0.1) is 0 Å². The van der Waals surface area contributed by atoms with Crippen molar-refractivity contribution < 1.29 is 13.2 Å². The van der Waals surface area contributed by atoms with Crippen LogP contribution in [0.25, 0.3) is 5.78 Å². The number of rotatable bonds is 0. The van der Waals surface area contributed by atoms with Crippen LogP contribution in [0.5, 0.6) is 0 Å². The predicted octanol–water partition coefficient (Wildman–Crippen LogP) is 1.39. The van der Waals surface area contributed by atoms with Gasteiger partial charge in [-0.05, 0) is 0 Å². The highest BCUT2D eigenvalue weighted by Crippen LogP contribution is 2.29. The Morgan fingerprint density at radius 3 is 2.94 bits per heavy atom. The molecule has 3 heterocycles. The van der Waals surface area contributed by atoms with Gasteiger partial charge in [-0.25, -0.2) is 9.97 Å². The van der Waals surface area contributed by atoms with Gasteiger partial charge in [0.25, 0.3) is 0 Å². The van der Waals surface area contributed by atoms with Crippen LogP contribution in [-0.2, 0) is 19.1 Å². The fraction of sp³-hybridized carbons (Fsp3) is 0.400. The SMILES string of the molecule is FC(F)(F)c1cn2c3c(cnc2n1)CNCC3. The van der Waals surface area contributed by atoms with Gasteiger partial charge < -0.3 is 5.32 Å². The molecule has 0 unspecified atom stereocenters. The summed E-state index contributed by atoms with van der Waals surface area (Å²) in [5.41, 5.74) is 0.892. The average molecular weight is 242 g/mol. The molecule has 1 N–H and O–H groups in total. The minimum Gasteiger partial charge on any atom is -0.312 e. The smallest absolute Gasteiger partial charge is 0.312 e. The molecule has 0 atom stereocenters. The van der Waals surface area contributed by atoms with Crippen LogP contribution < -0.4 is 5.32 Å². The van der Waals surface area contributed by atoms with Crippen molar-refractivity contribution in [2.24, 2.45) is 0 Å². The second kappa shape index (κ2) is 3.43. The summed E-state index contributed by atoms with van der Waals surface area (Å²) in [5, 5.41) is 3.15. The van der Waals surface area contributed by atoms with Gasteiger partial charge in [-0.2, -0.15) is 13.2 Å². The molecule has 0 saturated carbocycles. The van der Waals surface area contributed by atoms with Crippen LogP contribution in [0.1, 0.15) is 17.0 Å². The van der Waals surface area contributed by atoms with E-state index in [-0.39, 0.29) is 5.78 Å². The molecule has 0 spiro atoms. The molecule has 1 aliphatic rings. The molecule has 7 heteroatoms. The normalized spacial score (nSPS) is 16.2. The summed E-state index contributed by atoms with van der Waals surface area (Å²) < 4.78 is 39.1. The zero-order valence-corrected chi connectivity index (χ0v) is 8.75. The first kappa shape index (κ1) is 10.5. The molecular formula is C10H9F3N4. The van der Waals surface area contributed by atoms with Crippen LogP contribution >= 0.6 is 0 Å².